The van der Waals surface area contributed by atoms with Crippen molar-refractivity contribution in [1.29, 1.82) is 0 Å². The Hall–Kier alpha value is -2.56. The van der Waals surface area contributed by atoms with Crippen molar-refractivity contribution >= 4 is 17.3 Å². The number of hydrogen-bond donors (Lipinski definition) is 2. The third kappa shape index (κ3) is 3.31. The molecule has 0 saturated carbocycles. The first-order chi connectivity index (χ1) is 10.0. The molecular formula is C16H17FN2O2. The van der Waals surface area contributed by atoms with Gasteiger partial charge in [-0.1, -0.05) is 18.2 Å². The highest BCUT2D eigenvalue weighted by Gasteiger charge is 2.16. The number of halogens is 1. The third-order valence-corrected chi connectivity index (χ3v) is 3.19. The Morgan fingerprint density at radius 1 is 1.29 bits per heavy atom. The van der Waals surface area contributed by atoms with E-state index >= 15 is 0 Å². The molecule has 1 unspecified atom stereocenters. The van der Waals surface area contributed by atoms with Gasteiger partial charge in [-0.25, -0.2) is 9.18 Å². The molecule has 0 bridgehead atoms. The van der Waals surface area contributed by atoms with Crippen LogP contribution in [0.2, 0.25) is 0 Å². The zero-order chi connectivity index (χ0) is 15.4. The van der Waals surface area contributed by atoms with Crippen molar-refractivity contribution < 1.29 is 13.9 Å². The lowest BCUT2D eigenvalue weighted by molar-refractivity contribution is 0.0602. The molecule has 0 radical (unpaired) electrons. The molecule has 0 fully saturated rings. The fraction of sp³-hybridized carbons (Fsp3) is 0.188. The smallest absolute Gasteiger partial charge is 0.340 e. The van der Waals surface area contributed by atoms with Crippen LogP contribution in [0.25, 0.3) is 0 Å². The molecule has 4 nitrogen and oxygen atoms in total. The third-order valence-electron chi connectivity index (χ3n) is 3.19. The molecule has 0 aliphatic heterocycles. The Labute approximate surface area is 122 Å². The van der Waals surface area contributed by atoms with Gasteiger partial charge in [0, 0.05) is 16.9 Å². The van der Waals surface area contributed by atoms with E-state index in [-0.39, 0.29) is 11.9 Å². The van der Waals surface area contributed by atoms with Crippen molar-refractivity contribution in [3.8, 4) is 0 Å². The monoisotopic (exact) mass is 288 g/mol. The number of nitrogen functional groups attached to an aromatic ring is 1. The Kier molecular flexibility index (Phi) is 4.42. The van der Waals surface area contributed by atoms with Gasteiger partial charge in [-0.2, -0.15) is 0 Å². The molecule has 21 heavy (non-hydrogen) atoms. The van der Waals surface area contributed by atoms with Crippen molar-refractivity contribution in [3.63, 3.8) is 0 Å². The molecule has 0 saturated heterocycles. The van der Waals surface area contributed by atoms with E-state index in [9.17, 15) is 9.18 Å². The average Bonchev–Trinajstić information content (AvgIpc) is 2.48. The summed E-state index contributed by atoms with van der Waals surface area (Å²) in [6.07, 6.45) is 0. The predicted molar refractivity (Wildman–Crippen MR) is 80.6 cm³/mol. The lowest BCUT2D eigenvalue weighted by Crippen LogP contribution is -2.13. The molecule has 5 heteroatoms. The van der Waals surface area contributed by atoms with Gasteiger partial charge in [-0.15, -0.1) is 0 Å². The van der Waals surface area contributed by atoms with E-state index in [4.69, 9.17) is 10.5 Å². The first-order valence-electron chi connectivity index (χ1n) is 6.51. The molecular weight excluding hydrogens is 271 g/mol. The predicted octanol–water partition coefficient (Wildman–Crippen LogP) is 3.37. The van der Waals surface area contributed by atoms with Crippen molar-refractivity contribution in [1.82, 2.24) is 0 Å². The van der Waals surface area contributed by atoms with Crippen molar-refractivity contribution in [2.75, 3.05) is 18.2 Å². The lowest BCUT2D eigenvalue weighted by Gasteiger charge is -2.18. The van der Waals surface area contributed by atoms with Gasteiger partial charge in [0.1, 0.15) is 5.82 Å². The van der Waals surface area contributed by atoms with Crippen LogP contribution in [-0.2, 0) is 4.74 Å². The molecule has 0 amide bonds. The molecule has 3 N–H and O–H groups in total. The zero-order valence-corrected chi connectivity index (χ0v) is 11.9. The number of carbonyl (C=O) groups excluding carboxylic acids is 1. The number of esters is 1. The topological polar surface area (TPSA) is 64.3 Å². The van der Waals surface area contributed by atoms with Crippen LogP contribution in [0.1, 0.15) is 28.9 Å². The molecule has 2 rings (SSSR count). The number of anilines is 2. The number of benzene rings is 2. The van der Waals surface area contributed by atoms with Crippen molar-refractivity contribution in [3.05, 3.63) is 59.4 Å². The highest BCUT2D eigenvalue weighted by molar-refractivity contribution is 5.96. The summed E-state index contributed by atoms with van der Waals surface area (Å²) in [6, 6.07) is 11.1. The number of hydrogen-bond acceptors (Lipinski definition) is 4. The zero-order valence-electron chi connectivity index (χ0n) is 11.9. The fourth-order valence-corrected chi connectivity index (χ4v) is 2.10. The van der Waals surface area contributed by atoms with Gasteiger partial charge in [-0.05, 0) is 31.2 Å². The summed E-state index contributed by atoms with van der Waals surface area (Å²) in [5.74, 6) is -0.793. The molecule has 2 aromatic carbocycles. The van der Waals surface area contributed by atoms with Gasteiger partial charge < -0.3 is 15.8 Å². The van der Waals surface area contributed by atoms with Gasteiger partial charge >= 0.3 is 5.97 Å². The first kappa shape index (κ1) is 14.8. The van der Waals surface area contributed by atoms with Gasteiger partial charge in [0.05, 0.1) is 18.7 Å². The fourth-order valence-electron chi connectivity index (χ4n) is 2.10. The number of ether oxygens (including phenoxy) is 1. The summed E-state index contributed by atoms with van der Waals surface area (Å²) < 4.78 is 18.5. The molecule has 0 aliphatic carbocycles. The van der Waals surface area contributed by atoms with Crippen molar-refractivity contribution in [2.24, 2.45) is 0 Å². The van der Waals surface area contributed by atoms with E-state index in [0.717, 1.165) is 0 Å². The maximum Gasteiger partial charge on any atom is 0.340 e. The summed E-state index contributed by atoms with van der Waals surface area (Å²) in [4.78, 5) is 11.8. The van der Waals surface area contributed by atoms with Gasteiger partial charge in [0.25, 0.3) is 0 Å². The second kappa shape index (κ2) is 6.26. The largest absolute Gasteiger partial charge is 0.465 e. The second-order valence-corrected chi connectivity index (χ2v) is 4.68. The molecule has 0 aliphatic rings. The quantitative estimate of drug-likeness (QED) is 0.669. The number of methoxy groups -OCH3 is 1. The van der Waals surface area contributed by atoms with E-state index < -0.39 is 5.97 Å². The summed E-state index contributed by atoms with van der Waals surface area (Å²) in [5, 5.41) is 3.11. The van der Waals surface area contributed by atoms with E-state index in [1.54, 1.807) is 30.3 Å². The van der Waals surface area contributed by atoms with Crippen LogP contribution in [0, 0.1) is 5.82 Å². The number of nitrogens with two attached hydrogens (primary N) is 1. The molecule has 0 spiro atoms. The van der Waals surface area contributed by atoms with Gasteiger partial charge in [0.15, 0.2) is 0 Å². The van der Waals surface area contributed by atoms with Crippen LogP contribution >= 0.6 is 0 Å². The molecule has 0 aromatic heterocycles. The second-order valence-electron chi connectivity index (χ2n) is 4.68. The van der Waals surface area contributed by atoms with Gasteiger partial charge in [0.2, 0.25) is 0 Å². The first-order valence-corrected chi connectivity index (χ1v) is 6.51. The summed E-state index contributed by atoms with van der Waals surface area (Å²) >= 11 is 0. The lowest BCUT2D eigenvalue weighted by atomic mass is 10.1. The summed E-state index contributed by atoms with van der Waals surface area (Å²) in [5.41, 5.74) is 7.54. The highest BCUT2D eigenvalue weighted by Crippen LogP contribution is 2.26. The minimum absolute atomic E-state index is 0.299. The SMILES string of the molecule is COC(=O)c1cc(N)ccc1NC(C)c1ccccc1F. The van der Waals surface area contributed by atoms with Gasteiger partial charge in [-0.3, -0.25) is 0 Å². The number of nitrogens with one attached hydrogen (secondary N) is 1. The van der Waals surface area contributed by atoms with E-state index in [1.807, 2.05) is 6.92 Å². The molecule has 0 heterocycles. The normalized spacial score (nSPS) is 11.8. The molecule has 110 valence electrons. The van der Waals surface area contributed by atoms with Crippen LogP contribution in [0.15, 0.2) is 42.5 Å². The minimum Gasteiger partial charge on any atom is -0.465 e. The van der Waals surface area contributed by atoms with Crippen LogP contribution < -0.4 is 11.1 Å². The summed E-state index contributed by atoms with van der Waals surface area (Å²) in [7, 11) is 1.30. The maximum absolute atomic E-state index is 13.8. The number of rotatable bonds is 4. The Balaban J connectivity index is 2.31. The van der Waals surface area contributed by atoms with E-state index in [2.05, 4.69) is 5.32 Å². The van der Waals surface area contributed by atoms with Crippen molar-refractivity contribution in [2.45, 2.75) is 13.0 Å². The maximum atomic E-state index is 13.8. The van der Waals surface area contributed by atoms with E-state index in [0.29, 0.717) is 22.5 Å². The summed E-state index contributed by atoms with van der Waals surface area (Å²) in [6.45, 7) is 1.82. The van der Waals surface area contributed by atoms with Crippen LogP contribution in [0.5, 0.6) is 0 Å². The minimum atomic E-state index is -0.495. The Bertz CT molecular complexity index is 658. The van der Waals surface area contributed by atoms with Crippen LogP contribution in [0.3, 0.4) is 0 Å². The standard InChI is InChI=1S/C16H17FN2O2/c1-10(12-5-3-4-6-14(12)17)19-15-8-7-11(18)9-13(15)16(20)21-2/h3-10,19H,18H2,1-2H3. The Morgan fingerprint density at radius 3 is 2.67 bits per heavy atom. The van der Waals surface area contributed by atoms with E-state index in [1.165, 1.54) is 19.2 Å². The Morgan fingerprint density at radius 2 is 2.00 bits per heavy atom. The molecule has 1 atom stereocenters. The van der Waals surface area contributed by atoms with Crippen LogP contribution in [-0.4, -0.2) is 13.1 Å². The highest BCUT2D eigenvalue weighted by atomic mass is 19.1. The number of carbonyl (C=O) groups is 1. The van der Waals surface area contributed by atoms with Crippen LogP contribution in [0.4, 0.5) is 15.8 Å². The average molecular weight is 288 g/mol. The molecule has 2 aromatic rings.